The van der Waals surface area contributed by atoms with Gasteiger partial charge in [-0.05, 0) is 23.5 Å². The normalized spacial score (nSPS) is 11.9. The summed E-state index contributed by atoms with van der Waals surface area (Å²) in [4.78, 5) is 0. The van der Waals surface area contributed by atoms with Crippen molar-refractivity contribution in [3.05, 3.63) is 35.4 Å². The van der Waals surface area contributed by atoms with E-state index in [1.165, 1.54) is 19.3 Å². The fourth-order valence-corrected chi connectivity index (χ4v) is 1.37. The Morgan fingerprint density at radius 3 is 1.89 bits per heavy atom. The lowest BCUT2D eigenvalue weighted by Gasteiger charge is -2.07. The summed E-state index contributed by atoms with van der Waals surface area (Å²) in [7, 11) is 0. The maximum atomic E-state index is 7.86. The van der Waals surface area contributed by atoms with Crippen molar-refractivity contribution in [3.63, 3.8) is 0 Å². The van der Waals surface area contributed by atoms with Crippen LogP contribution in [0.25, 0.3) is 0 Å². The molecule has 108 valence electrons. The maximum Gasteiger partial charge on any atom is 0.0388 e. The lowest BCUT2D eigenvalue weighted by Crippen LogP contribution is -2.04. The van der Waals surface area contributed by atoms with Crippen LogP contribution in [-0.4, -0.2) is 5.71 Å². The standard InChI is InChI=1S/C12H18N2.C3H6.C2H6/c1-9(2)7-12(14)11-5-3-10(8-13)4-6-11;1-2-3-1;1-2/h3-6,9,14H,7-8,13H2,1-2H3;1-3H2;1-2H3. The van der Waals surface area contributed by atoms with Crippen molar-refractivity contribution in [1.82, 2.24) is 0 Å². The molecular weight excluding hydrogens is 232 g/mol. The Hall–Kier alpha value is -1.15. The molecular formula is C17H30N2. The van der Waals surface area contributed by atoms with Crippen LogP contribution >= 0.6 is 0 Å². The topological polar surface area (TPSA) is 49.9 Å². The molecule has 2 rings (SSSR count). The molecule has 2 heteroatoms. The van der Waals surface area contributed by atoms with E-state index in [0.717, 1.165) is 17.5 Å². The Morgan fingerprint density at radius 1 is 1.11 bits per heavy atom. The summed E-state index contributed by atoms with van der Waals surface area (Å²) in [5.74, 6) is 0.539. The first-order valence-electron chi connectivity index (χ1n) is 7.50. The van der Waals surface area contributed by atoms with Crippen LogP contribution in [-0.2, 0) is 6.54 Å². The highest BCUT2D eigenvalue weighted by Gasteiger charge is 2.03. The molecule has 0 spiro atoms. The second kappa shape index (κ2) is 10.7. The first kappa shape index (κ1) is 17.8. The summed E-state index contributed by atoms with van der Waals surface area (Å²) in [5.41, 5.74) is 8.34. The molecule has 3 N–H and O–H groups in total. The van der Waals surface area contributed by atoms with Gasteiger partial charge in [-0.2, -0.15) is 0 Å². The van der Waals surface area contributed by atoms with Crippen LogP contribution in [0.15, 0.2) is 24.3 Å². The molecule has 2 nitrogen and oxygen atoms in total. The van der Waals surface area contributed by atoms with E-state index in [2.05, 4.69) is 13.8 Å². The number of nitrogens with two attached hydrogens (primary N) is 1. The Bertz CT molecular complexity index is 334. The number of hydrogen-bond donors (Lipinski definition) is 2. The summed E-state index contributed by atoms with van der Waals surface area (Å²) < 4.78 is 0. The van der Waals surface area contributed by atoms with E-state index in [1.54, 1.807) is 0 Å². The van der Waals surface area contributed by atoms with Gasteiger partial charge in [0.1, 0.15) is 0 Å². The Morgan fingerprint density at radius 2 is 1.58 bits per heavy atom. The maximum absolute atomic E-state index is 7.86. The number of hydrogen-bond acceptors (Lipinski definition) is 2. The average Bonchev–Trinajstić information content (AvgIpc) is 3.28. The van der Waals surface area contributed by atoms with Gasteiger partial charge in [-0.1, -0.05) is 71.2 Å². The van der Waals surface area contributed by atoms with Gasteiger partial charge in [0, 0.05) is 12.3 Å². The van der Waals surface area contributed by atoms with E-state index in [-0.39, 0.29) is 0 Å². The number of benzene rings is 1. The van der Waals surface area contributed by atoms with Gasteiger partial charge in [-0.3, -0.25) is 0 Å². The molecule has 0 amide bonds. The predicted octanol–water partition coefficient (Wildman–Crippen LogP) is 4.76. The van der Waals surface area contributed by atoms with E-state index >= 15 is 0 Å². The molecule has 1 fully saturated rings. The van der Waals surface area contributed by atoms with Crippen LogP contribution in [0.3, 0.4) is 0 Å². The lowest BCUT2D eigenvalue weighted by molar-refractivity contribution is 0.682. The monoisotopic (exact) mass is 262 g/mol. The van der Waals surface area contributed by atoms with Crippen molar-refractivity contribution in [1.29, 1.82) is 5.41 Å². The predicted molar refractivity (Wildman–Crippen MR) is 85.8 cm³/mol. The summed E-state index contributed by atoms with van der Waals surface area (Å²) >= 11 is 0. The van der Waals surface area contributed by atoms with Crippen molar-refractivity contribution in [3.8, 4) is 0 Å². The third kappa shape index (κ3) is 9.43. The molecule has 1 aliphatic carbocycles. The van der Waals surface area contributed by atoms with Gasteiger partial charge in [0.15, 0.2) is 0 Å². The molecule has 19 heavy (non-hydrogen) atoms. The van der Waals surface area contributed by atoms with Crippen molar-refractivity contribution in [2.75, 3.05) is 0 Å². The SMILES string of the molecule is C1CC1.CC.CC(C)CC(=N)c1ccc(CN)cc1. The molecule has 0 bridgehead atoms. The van der Waals surface area contributed by atoms with Crippen LogP contribution in [0, 0.1) is 11.3 Å². The molecule has 0 aliphatic heterocycles. The summed E-state index contributed by atoms with van der Waals surface area (Å²) in [6.07, 6.45) is 5.34. The number of nitrogens with one attached hydrogen (secondary N) is 1. The second-order valence-electron chi connectivity index (χ2n) is 5.04. The zero-order valence-corrected chi connectivity index (χ0v) is 13.0. The molecule has 0 saturated heterocycles. The highest BCUT2D eigenvalue weighted by Crippen LogP contribution is 2.14. The first-order valence-corrected chi connectivity index (χ1v) is 7.50. The quantitative estimate of drug-likeness (QED) is 0.755. The molecule has 1 aliphatic rings. The van der Waals surface area contributed by atoms with Gasteiger partial charge in [-0.25, -0.2) is 0 Å². The largest absolute Gasteiger partial charge is 0.326 e. The molecule has 0 atom stereocenters. The minimum absolute atomic E-state index is 0.539. The molecule has 1 aromatic carbocycles. The van der Waals surface area contributed by atoms with E-state index in [4.69, 9.17) is 11.1 Å². The molecule has 1 saturated carbocycles. The van der Waals surface area contributed by atoms with E-state index < -0.39 is 0 Å². The van der Waals surface area contributed by atoms with E-state index in [9.17, 15) is 0 Å². The van der Waals surface area contributed by atoms with Crippen molar-refractivity contribution >= 4 is 5.71 Å². The number of rotatable bonds is 4. The molecule has 0 aromatic heterocycles. The van der Waals surface area contributed by atoms with Gasteiger partial charge in [0.05, 0.1) is 0 Å². The minimum Gasteiger partial charge on any atom is -0.326 e. The smallest absolute Gasteiger partial charge is 0.0388 e. The van der Waals surface area contributed by atoms with E-state index in [1.807, 2.05) is 38.1 Å². The van der Waals surface area contributed by atoms with Crippen LogP contribution in [0.4, 0.5) is 0 Å². The summed E-state index contributed by atoms with van der Waals surface area (Å²) in [5, 5.41) is 7.86. The average molecular weight is 262 g/mol. The second-order valence-corrected chi connectivity index (χ2v) is 5.04. The minimum atomic E-state index is 0.539. The van der Waals surface area contributed by atoms with E-state index in [0.29, 0.717) is 18.2 Å². The fourth-order valence-electron chi connectivity index (χ4n) is 1.37. The van der Waals surface area contributed by atoms with Crippen molar-refractivity contribution < 1.29 is 0 Å². The third-order valence-corrected chi connectivity index (χ3v) is 2.50. The van der Waals surface area contributed by atoms with Crippen molar-refractivity contribution in [2.45, 2.75) is 59.9 Å². The highest BCUT2D eigenvalue weighted by molar-refractivity contribution is 5.98. The van der Waals surface area contributed by atoms with Crippen LogP contribution < -0.4 is 5.73 Å². The zero-order valence-electron chi connectivity index (χ0n) is 13.0. The summed E-state index contributed by atoms with van der Waals surface area (Å²) in [6, 6.07) is 7.94. The fraction of sp³-hybridized carbons (Fsp3) is 0.588. The lowest BCUT2D eigenvalue weighted by atomic mass is 10.00. The zero-order chi connectivity index (χ0) is 14.7. The van der Waals surface area contributed by atoms with Gasteiger partial charge >= 0.3 is 0 Å². The first-order chi connectivity index (χ1) is 9.13. The highest BCUT2D eigenvalue weighted by atomic mass is 14.5. The Kier molecular flexibility index (Phi) is 10.1. The summed E-state index contributed by atoms with van der Waals surface area (Å²) in [6.45, 7) is 8.82. The molecule has 1 aromatic rings. The molecule has 0 heterocycles. The molecule has 0 radical (unpaired) electrons. The van der Waals surface area contributed by atoms with Crippen LogP contribution in [0.2, 0.25) is 0 Å². The Labute approximate surface area is 118 Å². The third-order valence-electron chi connectivity index (χ3n) is 2.50. The Balaban J connectivity index is 0.000000548. The van der Waals surface area contributed by atoms with Gasteiger partial charge in [-0.15, -0.1) is 0 Å². The molecule has 0 unspecified atom stereocenters. The van der Waals surface area contributed by atoms with Gasteiger partial charge in [0.2, 0.25) is 0 Å². The van der Waals surface area contributed by atoms with Crippen LogP contribution in [0.1, 0.15) is 64.5 Å². The van der Waals surface area contributed by atoms with Crippen molar-refractivity contribution in [2.24, 2.45) is 11.7 Å². The van der Waals surface area contributed by atoms with Gasteiger partial charge < -0.3 is 11.1 Å². The van der Waals surface area contributed by atoms with Gasteiger partial charge in [0.25, 0.3) is 0 Å². The van der Waals surface area contributed by atoms with Crippen LogP contribution in [0.5, 0.6) is 0 Å².